The van der Waals surface area contributed by atoms with Gasteiger partial charge in [0.25, 0.3) is 0 Å². The maximum Gasteiger partial charge on any atom is 0.0827 e. The van der Waals surface area contributed by atoms with E-state index in [1.54, 1.807) is 0 Å². The maximum absolute atomic E-state index is 9.11. The van der Waals surface area contributed by atoms with Gasteiger partial charge in [-0.1, -0.05) is 25.1 Å². The van der Waals surface area contributed by atoms with Crippen molar-refractivity contribution in [2.24, 2.45) is 10.9 Å². The average molecular weight is 229 g/mol. The number of allylic oxidation sites excluding steroid dienone is 1. The Morgan fingerprint density at radius 2 is 2.18 bits per heavy atom. The lowest BCUT2D eigenvalue weighted by molar-refractivity contribution is 0.475. The van der Waals surface area contributed by atoms with E-state index in [2.05, 4.69) is 6.92 Å². The molecule has 0 heterocycles. The van der Waals surface area contributed by atoms with Crippen molar-refractivity contribution in [3.63, 3.8) is 0 Å². The van der Waals surface area contributed by atoms with E-state index in [4.69, 9.17) is 10.1 Å². The highest BCUT2D eigenvalue weighted by Crippen LogP contribution is 2.29. The van der Waals surface area contributed by atoms with Crippen molar-refractivity contribution in [3.8, 4) is 0 Å². The number of aliphatic hydroxyl groups excluding tert-OH is 1. The number of para-hydroxylation sites is 1. The second kappa shape index (κ2) is 5.17. The second-order valence-corrected chi connectivity index (χ2v) is 4.86. The Hall–Kier alpha value is -1.57. The van der Waals surface area contributed by atoms with Gasteiger partial charge in [0.2, 0.25) is 0 Å². The zero-order valence-electron chi connectivity index (χ0n) is 10.5. The van der Waals surface area contributed by atoms with Crippen molar-refractivity contribution >= 4 is 17.0 Å². The third-order valence-electron chi connectivity index (χ3n) is 3.31. The first-order chi connectivity index (χ1) is 8.20. The predicted molar refractivity (Wildman–Crippen MR) is 72.8 cm³/mol. The number of nitrogens with zero attached hydrogens (tertiary/aromatic N) is 1. The molecule has 1 aliphatic rings. The van der Waals surface area contributed by atoms with Crippen LogP contribution in [0.3, 0.4) is 0 Å². The molecule has 0 spiro atoms. The molecule has 1 aromatic rings. The van der Waals surface area contributed by atoms with Crippen LogP contribution in [0.1, 0.15) is 38.7 Å². The summed E-state index contributed by atoms with van der Waals surface area (Å²) in [7, 11) is 0. The SMILES string of the molecule is C/C(=C/O)c1ccccc1N=C1CCC(C)C1. The molecule has 17 heavy (non-hydrogen) atoms. The number of aliphatic hydroxyl groups is 1. The first kappa shape index (κ1) is 11.9. The van der Waals surface area contributed by atoms with E-state index >= 15 is 0 Å². The number of aliphatic imine (C=N–C) groups is 1. The summed E-state index contributed by atoms with van der Waals surface area (Å²) in [5.74, 6) is 0.760. The Bertz CT molecular complexity index is 460. The minimum Gasteiger partial charge on any atom is -0.515 e. The highest BCUT2D eigenvalue weighted by atomic mass is 16.2. The summed E-state index contributed by atoms with van der Waals surface area (Å²) in [6.07, 6.45) is 4.61. The number of benzene rings is 1. The van der Waals surface area contributed by atoms with Crippen molar-refractivity contribution in [2.45, 2.75) is 33.1 Å². The fourth-order valence-corrected chi connectivity index (χ4v) is 2.27. The van der Waals surface area contributed by atoms with E-state index in [-0.39, 0.29) is 0 Å². The van der Waals surface area contributed by atoms with Crippen molar-refractivity contribution < 1.29 is 5.11 Å². The molecule has 1 aliphatic carbocycles. The molecule has 2 rings (SSSR count). The molecule has 0 bridgehead atoms. The first-order valence-electron chi connectivity index (χ1n) is 6.17. The van der Waals surface area contributed by atoms with Gasteiger partial charge in [-0.25, -0.2) is 0 Å². The van der Waals surface area contributed by atoms with Gasteiger partial charge in [-0.15, -0.1) is 0 Å². The van der Waals surface area contributed by atoms with Gasteiger partial charge in [0.15, 0.2) is 0 Å². The summed E-state index contributed by atoms with van der Waals surface area (Å²) in [6.45, 7) is 4.17. The van der Waals surface area contributed by atoms with Crippen molar-refractivity contribution in [1.29, 1.82) is 0 Å². The van der Waals surface area contributed by atoms with Crippen LogP contribution in [0.15, 0.2) is 35.5 Å². The van der Waals surface area contributed by atoms with Gasteiger partial charge in [-0.05, 0) is 43.7 Å². The van der Waals surface area contributed by atoms with Crippen LogP contribution in [-0.2, 0) is 0 Å². The molecule has 0 saturated heterocycles. The molecular weight excluding hydrogens is 210 g/mol. The van der Waals surface area contributed by atoms with Gasteiger partial charge in [-0.3, -0.25) is 4.99 Å². The van der Waals surface area contributed by atoms with Crippen LogP contribution < -0.4 is 0 Å². The van der Waals surface area contributed by atoms with Gasteiger partial charge in [-0.2, -0.15) is 0 Å². The van der Waals surface area contributed by atoms with Gasteiger partial charge in [0.1, 0.15) is 0 Å². The van der Waals surface area contributed by atoms with Crippen molar-refractivity contribution in [2.75, 3.05) is 0 Å². The molecule has 1 aromatic carbocycles. The normalized spacial score (nSPS) is 23.3. The molecule has 0 radical (unpaired) electrons. The molecule has 1 unspecified atom stereocenters. The first-order valence-corrected chi connectivity index (χ1v) is 6.17. The van der Waals surface area contributed by atoms with E-state index in [0.29, 0.717) is 0 Å². The molecule has 1 saturated carbocycles. The summed E-state index contributed by atoms with van der Waals surface area (Å²) in [4.78, 5) is 4.74. The molecule has 1 fully saturated rings. The number of hydrogen-bond acceptors (Lipinski definition) is 2. The molecule has 2 nitrogen and oxygen atoms in total. The molecule has 0 aromatic heterocycles. The summed E-state index contributed by atoms with van der Waals surface area (Å²) in [5.41, 5.74) is 4.13. The van der Waals surface area contributed by atoms with Gasteiger partial charge in [0, 0.05) is 11.3 Å². The van der Waals surface area contributed by atoms with Gasteiger partial charge < -0.3 is 5.11 Å². The fraction of sp³-hybridized carbons (Fsp3) is 0.400. The summed E-state index contributed by atoms with van der Waals surface area (Å²) >= 11 is 0. The van der Waals surface area contributed by atoms with Gasteiger partial charge >= 0.3 is 0 Å². The lowest BCUT2D eigenvalue weighted by Crippen LogP contribution is -1.91. The molecule has 1 atom stereocenters. The fourth-order valence-electron chi connectivity index (χ4n) is 2.27. The summed E-state index contributed by atoms with van der Waals surface area (Å²) < 4.78 is 0. The Labute approximate surface area is 103 Å². The van der Waals surface area contributed by atoms with Crippen LogP contribution in [0.2, 0.25) is 0 Å². The van der Waals surface area contributed by atoms with E-state index in [1.165, 1.54) is 12.1 Å². The quantitative estimate of drug-likeness (QED) is 0.744. The van der Waals surface area contributed by atoms with Crippen LogP contribution in [0, 0.1) is 5.92 Å². The third kappa shape index (κ3) is 2.76. The summed E-state index contributed by atoms with van der Waals surface area (Å²) in [5, 5.41) is 9.11. The highest BCUT2D eigenvalue weighted by Gasteiger charge is 2.16. The third-order valence-corrected chi connectivity index (χ3v) is 3.31. The largest absolute Gasteiger partial charge is 0.515 e. The van der Waals surface area contributed by atoms with E-state index in [9.17, 15) is 0 Å². The van der Waals surface area contributed by atoms with Crippen molar-refractivity contribution in [3.05, 3.63) is 36.1 Å². The standard InChI is InChI=1S/C15H19NO/c1-11-7-8-13(9-11)16-15-6-4-3-5-14(15)12(2)10-17/h3-6,10-11,17H,7-9H2,1-2H3/b12-10-,16-13?. The molecular formula is C15H19NO. The molecule has 0 amide bonds. The number of hydrogen-bond donors (Lipinski definition) is 1. The topological polar surface area (TPSA) is 32.6 Å². The Kier molecular flexibility index (Phi) is 3.62. The van der Waals surface area contributed by atoms with E-state index in [1.807, 2.05) is 31.2 Å². The number of rotatable bonds is 2. The lowest BCUT2D eigenvalue weighted by atomic mass is 10.1. The highest BCUT2D eigenvalue weighted by molar-refractivity contribution is 5.90. The minimum atomic E-state index is 0.760. The maximum atomic E-state index is 9.11. The molecule has 2 heteroatoms. The Morgan fingerprint density at radius 1 is 1.41 bits per heavy atom. The van der Waals surface area contributed by atoms with E-state index < -0.39 is 0 Å². The van der Waals surface area contributed by atoms with Crippen LogP contribution in [-0.4, -0.2) is 10.8 Å². The zero-order chi connectivity index (χ0) is 12.3. The van der Waals surface area contributed by atoms with Crippen molar-refractivity contribution in [1.82, 2.24) is 0 Å². The predicted octanol–water partition coefficient (Wildman–Crippen LogP) is 4.50. The van der Waals surface area contributed by atoms with Crippen LogP contribution in [0.25, 0.3) is 5.57 Å². The summed E-state index contributed by atoms with van der Waals surface area (Å²) in [6, 6.07) is 7.98. The monoisotopic (exact) mass is 229 g/mol. The molecule has 1 N–H and O–H groups in total. The second-order valence-electron chi connectivity index (χ2n) is 4.86. The van der Waals surface area contributed by atoms with Crippen LogP contribution in [0.5, 0.6) is 0 Å². The smallest absolute Gasteiger partial charge is 0.0827 e. The Morgan fingerprint density at radius 3 is 2.82 bits per heavy atom. The lowest BCUT2D eigenvalue weighted by Gasteiger charge is -2.06. The average Bonchev–Trinajstić information content (AvgIpc) is 2.74. The van der Waals surface area contributed by atoms with Crippen LogP contribution >= 0.6 is 0 Å². The van der Waals surface area contributed by atoms with Crippen LogP contribution in [0.4, 0.5) is 5.69 Å². The minimum absolute atomic E-state index is 0.760. The van der Waals surface area contributed by atoms with Gasteiger partial charge in [0.05, 0.1) is 11.9 Å². The molecule has 0 aliphatic heterocycles. The Balaban J connectivity index is 2.33. The van der Waals surface area contributed by atoms with E-state index in [0.717, 1.165) is 41.8 Å². The zero-order valence-corrected chi connectivity index (χ0v) is 10.5. The molecule has 90 valence electrons.